The van der Waals surface area contributed by atoms with E-state index in [9.17, 15) is 0 Å². The molecule has 2 heteroatoms. The van der Waals surface area contributed by atoms with E-state index in [4.69, 9.17) is 0 Å². The molecule has 1 atom stereocenters. The fourth-order valence-corrected chi connectivity index (χ4v) is 5.16. The zero-order chi connectivity index (χ0) is 18.5. The van der Waals surface area contributed by atoms with Crippen LogP contribution in [0.5, 0.6) is 0 Å². The minimum atomic E-state index is 0.496. The van der Waals surface area contributed by atoms with Gasteiger partial charge in [-0.15, -0.1) is 11.3 Å². The normalized spacial score (nSPS) is 15.9. The third kappa shape index (κ3) is 2.73. The Morgan fingerprint density at radius 3 is 2.14 bits per heavy atom. The van der Waals surface area contributed by atoms with E-state index in [-0.39, 0.29) is 0 Å². The number of hydrogen-bond acceptors (Lipinski definition) is 2. The second-order valence-corrected chi connectivity index (χ2v) is 8.56. The van der Waals surface area contributed by atoms with E-state index >= 15 is 0 Å². The molecule has 1 fully saturated rings. The van der Waals surface area contributed by atoms with Crippen molar-refractivity contribution in [3.63, 3.8) is 0 Å². The molecule has 6 rings (SSSR count). The van der Waals surface area contributed by atoms with Gasteiger partial charge < -0.3 is 5.32 Å². The topological polar surface area (TPSA) is 21.9 Å². The van der Waals surface area contributed by atoms with Crippen molar-refractivity contribution in [3.05, 3.63) is 96.6 Å². The zero-order valence-corrected chi connectivity index (χ0v) is 16.2. The lowest BCUT2D eigenvalue weighted by molar-refractivity contribution is 1.08. The first-order valence-corrected chi connectivity index (χ1v) is 10.5. The van der Waals surface area contributed by atoms with Gasteiger partial charge in [0, 0.05) is 32.8 Å². The molecule has 0 aliphatic carbocycles. The highest BCUT2D eigenvalue weighted by Crippen LogP contribution is 2.38. The van der Waals surface area contributed by atoms with Crippen molar-refractivity contribution in [2.24, 2.45) is 0 Å². The van der Waals surface area contributed by atoms with Gasteiger partial charge in [-0.05, 0) is 58.1 Å². The summed E-state index contributed by atoms with van der Waals surface area (Å²) in [4.78, 5) is 0. The van der Waals surface area contributed by atoms with Gasteiger partial charge >= 0.3 is 0 Å². The van der Waals surface area contributed by atoms with Gasteiger partial charge in [0.15, 0.2) is 0 Å². The predicted molar refractivity (Wildman–Crippen MR) is 121 cm³/mol. The molecule has 134 valence electrons. The molecule has 0 unspecified atom stereocenters. The maximum absolute atomic E-state index is 3.46. The molecule has 1 saturated heterocycles. The summed E-state index contributed by atoms with van der Waals surface area (Å²) in [7, 11) is 0. The molecule has 0 spiro atoms. The molecule has 1 aromatic heterocycles. The van der Waals surface area contributed by atoms with Crippen LogP contribution in [-0.2, 0) is 0 Å². The van der Waals surface area contributed by atoms with E-state index in [2.05, 4.69) is 96.3 Å². The molecule has 0 amide bonds. The molecule has 0 saturated carbocycles. The molecule has 28 heavy (non-hydrogen) atoms. The number of nitrogens with one attached hydrogen (secondary N) is 1. The van der Waals surface area contributed by atoms with Gasteiger partial charge in [-0.3, -0.25) is 0 Å². The van der Waals surface area contributed by atoms with Crippen LogP contribution in [0.4, 0.5) is 0 Å². The summed E-state index contributed by atoms with van der Waals surface area (Å²) >= 11 is 1.88. The Balaban J connectivity index is 1.53. The number of fused-ring (bicyclic) bond motifs is 3. The van der Waals surface area contributed by atoms with Crippen molar-refractivity contribution in [3.8, 4) is 22.3 Å². The van der Waals surface area contributed by atoms with E-state index in [1.807, 2.05) is 11.3 Å². The highest BCUT2D eigenvalue weighted by molar-refractivity contribution is 7.25. The average molecular weight is 378 g/mol. The Bertz CT molecular complexity index is 1310. The van der Waals surface area contributed by atoms with Crippen LogP contribution in [0.25, 0.3) is 42.4 Å². The molecule has 2 heterocycles. The van der Waals surface area contributed by atoms with E-state index in [0.717, 1.165) is 6.54 Å². The van der Waals surface area contributed by atoms with E-state index < -0.39 is 0 Å². The third-order valence-corrected chi connectivity index (χ3v) is 6.72. The van der Waals surface area contributed by atoms with Gasteiger partial charge in [0.2, 0.25) is 0 Å². The fourth-order valence-electron chi connectivity index (χ4n) is 4.02. The summed E-state index contributed by atoms with van der Waals surface area (Å²) in [5.74, 6) is 0. The largest absolute Gasteiger partial charge is 0.307 e. The van der Waals surface area contributed by atoms with Crippen LogP contribution in [0.3, 0.4) is 0 Å². The molecule has 1 N–H and O–H groups in total. The van der Waals surface area contributed by atoms with Crippen LogP contribution in [0.15, 0.2) is 91.0 Å². The summed E-state index contributed by atoms with van der Waals surface area (Å²) in [6, 6.07) is 33.8. The Kier molecular flexibility index (Phi) is 3.61. The minimum absolute atomic E-state index is 0.496. The molecule has 4 aromatic carbocycles. The first kappa shape index (κ1) is 16.1. The summed E-state index contributed by atoms with van der Waals surface area (Å²) in [5.41, 5.74) is 6.53. The van der Waals surface area contributed by atoms with E-state index in [1.54, 1.807) is 0 Å². The first-order valence-electron chi connectivity index (χ1n) is 9.71. The van der Waals surface area contributed by atoms with Crippen molar-refractivity contribution >= 4 is 31.5 Å². The van der Waals surface area contributed by atoms with Crippen LogP contribution >= 0.6 is 11.3 Å². The lowest BCUT2D eigenvalue weighted by Gasteiger charge is -2.10. The van der Waals surface area contributed by atoms with Gasteiger partial charge in [0.25, 0.3) is 0 Å². The Morgan fingerprint density at radius 2 is 1.32 bits per heavy atom. The highest BCUT2D eigenvalue weighted by Gasteiger charge is 2.23. The van der Waals surface area contributed by atoms with Gasteiger partial charge in [-0.25, -0.2) is 0 Å². The Labute approximate surface area is 168 Å². The van der Waals surface area contributed by atoms with E-state index in [0.29, 0.717) is 6.04 Å². The van der Waals surface area contributed by atoms with Crippen LogP contribution in [0, 0.1) is 0 Å². The van der Waals surface area contributed by atoms with Crippen LogP contribution in [-0.4, -0.2) is 6.54 Å². The maximum Gasteiger partial charge on any atom is 0.0448 e. The fraction of sp³-hybridized carbons (Fsp3) is 0.0769. The Morgan fingerprint density at radius 1 is 0.607 bits per heavy atom. The average Bonchev–Trinajstić information content (AvgIpc) is 3.54. The van der Waals surface area contributed by atoms with Crippen molar-refractivity contribution in [2.75, 3.05) is 6.54 Å². The second-order valence-electron chi connectivity index (χ2n) is 7.48. The zero-order valence-electron chi connectivity index (χ0n) is 15.4. The summed E-state index contributed by atoms with van der Waals surface area (Å²) in [6.45, 7) is 1.08. The van der Waals surface area contributed by atoms with Crippen LogP contribution < -0.4 is 5.32 Å². The van der Waals surface area contributed by atoms with Crippen molar-refractivity contribution in [2.45, 2.75) is 6.04 Å². The first-order chi connectivity index (χ1) is 13.8. The quantitative estimate of drug-likeness (QED) is 0.335. The molecular formula is C26H19NS. The van der Waals surface area contributed by atoms with Gasteiger partial charge in [0.05, 0.1) is 0 Å². The molecular weight excluding hydrogens is 358 g/mol. The minimum Gasteiger partial charge on any atom is -0.307 e. The smallest absolute Gasteiger partial charge is 0.0448 e. The Hall–Kier alpha value is -2.94. The van der Waals surface area contributed by atoms with Crippen molar-refractivity contribution in [1.82, 2.24) is 5.32 Å². The molecule has 1 aliphatic heterocycles. The van der Waals surface area contributed by atoms with Gasteiger partial charge in [0.1, 0.15) is 0 Å². The van der Waals surface area contributed by atoms with Crippen LogP contribution in [0.2, 0.25) is 0 Å². The standard InChI is InChI=1S/C26H19NS/c1-2-6-17(7-3-1)19-12-20(14-21(13-19)24-16-27-24)18-10-11-23-22-8-4-5-9-25(22)28-26(23)15-18/h1-15,24,27H,16H2/t24-/m0/s1. The molecule has 0 radical (unpaired) electrons. The summed E-state index contributed by atoms with van der Waals surface area (Å²) in [5, 5.41) is 6.17. The SMILES string of the molecule is c1ccc(-c2cc(-c3ccc4c(c3)sc3ccccc34)cc([C@@H]3CN3)c2)cc1. The second kappa shape index (κ2) is 6.30. The highest BCUT2D eigenvalue weighted by atomic mass is 32.1. The molecule has 1 aliphatic rings. The monoisotopic (exact) mass is 377 g/mol. The number of hydrogen-bond donors (Lipinski definition) is 1. The van der Waals surface area contributed by atoms with Crippen molar-refractivity contribution in [1.29, 1.82) is 0 Å². The summed E-state index contributed by atoms with van der Waals surface area (Å²) in [6.07, 6.45) is 0. The number of thiophene rings is 1. The lowest BCUT2D eigenvalue weighted by atomic mass is 9.94. The number of rotatable bonds is 3. The molecule has 1 nitrogen and oxygen atoms in total. The summed E-state index contributed by atoms with van der Waals surface area (Å²) < 4.78 is 2.71. The van der Waals surface area contributed by atoms with Gasteiger partial charge in [-0.1, -0.05) is 60.7 Å². The number of benzene rings is 4. The third-order valence-electron chi connectivity index (χ3n) is 5.59. The van der Waals surface area contributed by atoms with Crippen LogP contribution in [0.1, 0.15) is 11.6 Å². The predicted octanol–water partition coefficient (Wildman–Crippen LogP) is 7.03. The maximum atomic E-state index is 3.46. The van der Waals surface area contributed by atoms with Crippen molar-refractivity contribution < 1.29 is 0 Å². The lowest BCUT2D eigenvalue weighted by Crippen LogP contribution is -1.89. The van der Waals surface area contributed by atoms with E-state index in [1.165, 1.54) is 48.0 Å². The molecule has 5 aromatic rings. The van der Waals surface area contributed by atoms with Gasteiger partial charge in [-0.2, -0.15) is 0 Å². The molecule has 0 bridgehead atoms.